The molecule has 0 spiro atoms. The number of aryl methyl sites for hydroxylation is 2. The van der Waals surface area contributed by atoms with Crippen molar-refractivity contribution in [2.75, 3.05) is 36.4 Å². The van der Waals surface area contributed by atoms with E-state index in [0.29, 0.717) is 31.0 Å². The molecule has 32 heavy (non-hydrogen) atoms. The van der Waals surface area contributed by atoms with Crippen molar-refractivity contribution >= 4 is 27.3 Å². The minimum atomic E-state index is -3.59. The van der Waals surface area contributed by atoms with Gasteiger partial charge < -0.3 is 14.7 Å². The predicted octanol–water partition coefficient (Wildman–Crippen LogP) is 3.88. The number of nitrogens with zero attached hydrogens (tertiary/aromatic N) is 3. The van der Waals surface area contributed by atoms with Gasteiger partial charge in [0.15, 0.2) is 0 Å². The number of hydrogen-bond acceptors (Lipinski definition) is 6. The third-order valence-corrected chi connectivity index (χ3v) is 7.98. The number of anilines is 2. The van der Waals surface area contributed by atoms with Crippen LogP contribution >= 0.6 is 0 Å². The van der Waals surface area contributed by atoms with Gasteiger partial charge in [-0.25, -0.2) is 8.42 Å². The number of amides is 1. The lowest BCUT2D eigenvalue weighted by molar-refractivity contribution is -0.116. The van der Waals surface area contributed by atoms with Gasteiger partial charge in [-0.15, -0.1) is 0 Å². The van der Waals surface area contributed by atoms with Crippen molar-refractivity contribution in [3.8, 4) is 0 Å². The fourth-order valence-electron chi connectivity index (χ4n) is 4.18. The van der Waals surface area contributed by atoms with Gasteiger partial charge in [-0.2, -0.15) is 4.31 Å². The van der Waals surface area contributed by atoms with E-state index >= 15 is 0 Å². The molecule has 3 rings (SSSR count). The molecule has 0 radical (unpaired) electrons. The van der Waals surface area contributed by atoms with Gasteiger partial charge in [0.25, 0.3) is 0 Å². The van der Waals surface area contributed by atoms with E-state index in [1.807, 2.05) is 27.7 Å². The molecule has 1 aromatic carbocycles. The van der Waals surface area contributed by atoms with Crippen LogP contribution < -0.4 is 10.2 Å². The molecular formula is C23H34N4O4S. The van der Waals surface area contributed by atoms with Gasteiger partial charge in [0.2, 0.25) is 15.9 Å². The van der Waals surface area contributed by atoms with Crippen LogP contribution in [0.4, 0.5) is 11.4 Å². The van der Waals surface area contributed by atoms with Crippen LogP contribution in [0.2, 0.25) is 0 Å². The second kappa shape index (κ2) is 10.5. The van der Waals surface area contributed by atoms with Gasteiger partial charge in [0.05, 0.1) is 22.0 Å². The second-order valence-electron chi connectivity index (χ2n) is 8.17. The van der Waals surface area contributed by atoms with Crippen molar-refractivity contribution in [1.82, 2.24) is 9.46 Å². The lowest BCUT2D eigenvalue weighted by Gasteiger charge is -2.28. The van der Waals surface area contributed by atoms with E-state index in [4.69, 9.17) is 4.52 Å². The maximum atomic E-state index is 13.2. The summed E-state index contributed by atoms with van der Waals surface area (Å²) in [6.45, 7) is 10.3. The van der Waals surface area contributed by atoms with E-state index in [9.17, 15) is 13.2 Å². The molecule has 0 bridgehead atoms. The lowest BCUT2D eigenvalue weighted by atomic mass is 10.1. The molecule has 176 valence electrons. The molecule has 1 fully saturated rings. The van der Waals surface area contributed by atoms with E-state index in [2.05, 4.69) is 15.4 Å². The van der Waals surface area contributed by atoms with Gasteiger partial charge in [-0.05, 0) is 65.2 Å². The highest BCUT2D eigenvalue weighted by molar-refractivity contribution is 7.89. The Morgan fingerprint density at radius 2 is 1.84 bits per heavy atom. The Morgan fingerprint density at radius 3 is 2.44 bits per heavy atom. The average Bonchev–Trinajstić information content (AvgIpc) is 3.11. The molecule has 0 saturated carbocycles. The van der Waals surface area contributed by atoms with Crippen molar-refractivity contribution in [2.45, 2.75) is 64.7 Å². The summed E-state index contributed by atoms with van der Waals surface area (Å²) in [4.78, 5) is 15.1. The molecule has 0 unspecified atom stereocenters. The SMILES string of the molecule is CCN(CC)c1ccc(S(=O)(=O)N2CCCCC2)cc1NC(=O)CCc1c(C)noc1C. The fraction of sp³-hybridized carbons (Fsp3) is 0.565. The Morgan fingerprint density at radius 1 is 1.16 bits per heavy atom. The van der Waals surface area contributed by atoms with Gasteiger partial charge in [0.1, 0.15) is 5.76 Å². The van der Waals surface area contributed by atoms with Crippen LogP contribution in [0, 0.1) is 13.8 Å². The zero-order valence-corrected chi connectivity index (χ0v) is 20.3. The second-order valence-corrected chi connectivity index (χ2v) is 10.1. The number of nitrogens with one attached hydrogen (secondary N) is 1. The summed E-state index contributed by atoms with van der Waals surface area (Å²) < 4.78 is 33.1. The normalized spacial score (nSPS) is 15.0. The van der Waals surface area contributed by atoms with Gasteiger partial charge >= 0.3 is 0 Å². The van der Waals surface area contributed by atoms with Crippen molar-refractivity contribution in [2.24, 2.45) is 0 Å². The van der Waals surface area contributed by atoms with Crippen LogP contribution in [0.3, 0.4) is 0 Å². The maximum Gasteiger partial charge on any atom is 0.243 e. The van der Waals surface area contributed by atoms with E-state index < -0.39 is 10.0 Å². The van der Waals surface area contributed by atoms with Gasteiger partial charge in [-0.3, -0.25) is 4.79 Å². The first-order valence-electron chi connectivity index (χ1n) is 11.4. The molecule has 9 heteroatoms. The summed E-state index contributed by atoms with van der Waals surface area (Å²) in [5, 5.41) is 6.90. The number of benzene rings is 1. The fourth-order valence-corrected chi connectivity index (χ4v) is 5.72. The van der Waals surface area contributed by atoms with E-state index in [1.54, 1.807) is 22.5 Å². The van der Waals surface area contributed by atoms with Crippen molar-refractivity contribution in [3.63, 3.8) is 0 Å². The first-order valence-corrected chi connectivity index (χ1v) is 12.8. The van der Waals surface area contributed by atoms with Gasteiger partial charge in [0, 0.05) is 38.2 Å². The lowest BCUT2D eigenvalue weighted by Crippen LogP contribution is -2.35. The van der Waals surface area contributed by atoms with Crippen molar-refractivity contribution < 1.29 is 17.7 Å². The largest absolute Gasteiger partial charge is 0.370 e. The van der Waals surface area contributed by atoms with Crippen LogP contribution in [0.5, 0.6) is 0 Å². The molecule has 2 heterocycles. The summed E-state index contributed by atoms with van der Waals surface area (Å²) in [6, 6.07) is 5.05. The number of carbonyl (C=O) groups is 1. The number of rotatable bonds is 9. The number of aromatic nitrogens is 1. The van der Waals surface area contributed by atoms with Gasteiger partial charge in [-0.1, -0.05) is 11.6 Å². The van der Waals surface area contributed by atoms with Crippen molar-refractivity contribution in [1.29, 1.82) is 0 Å². The zero-order valence-electron chi connectivity index (χ0n) is 19.5. The molecule has 1 aliphatic rings. The highest BCUT2D eigenvalue weighted by Gasteiger charge is 2.27. The monoisotopic (exact) mass is 462 g/mol. The predicted molar refractivity (Wildman–Crippen MR) is 126 cm³/mol. The molecule has 8 nitrogen and oxygen atoms in total. The minimum absolute atomic E-state index is 0.175. The Bertz CT molecular complexity index is 1020. The molecule has 1 amide bonds. The zero-order chi connectivity index (χ0) is 23.3. The van der Waals surface area contributed by atoms with Crippen LogP contribution in [0.1, 0.15) is 56.5 Å². The summed E-state index contributed by atoms with van der Waals surface area (Å²) in [7, 11) is -3.59. The molecule has 0 atom stereocenters. The molecule has 2 aromatic rings. The molecule has 1 saturated heterocycles. The Kier molecular flexibility index (Phi) is 7.95. The third kappa shape index (κ3) is 5.32. The van der Waals surface area contributed by atoms with E-state index in [-0.39, 0.29) is 17.2 Å². The molecule has 1 aliphatic heterocycles. The van der Waals surface area contributed by atoms with Crippen molar-refractivity contribution in [3.05, 3.63) is 35.2 Å². The molecule has 0 aliphatic carbocycles. The summed E-state index contributed by atoms with van der Waals surface area (Å²) in [6.07, 6.45) is 3.58. The number of sulfonamides is 1. The highest BCUT2D eigenvalue weighted by atomic mass is 32.2. The average molecular weight is 463 g/mol. The van der Waals surface area contributed by atoms with Crippen LogP contribution in [-0.4, -0.2) is 50.0 Å². The van der Waals surface area contributed by atoms with Crippen LogP contribution in [0.15, 0.2) is 27.6 Å². The quantitative estimate of drug-likeness (QED) is 0.608. The summed E-state index contributed by atoms with van der Waals surface area (Å²) in [5.41, 5.74) is 3.06. The number of piperidine rings is 1. The Labute approximate surface area is 191 Å². The van der Waals surface area contributed by atoms with E-state index in [0.717, 1.165) is 49.3 Å². The Hall–Kier alpha value is -2.39. The summed E-state index contributed by atoms with van der Waals surface area (Å²) >= 11 is 0. The smallest absolute Gasteiger partial charge is 0.243 e. The van der Waals surface area contributed by atoms with E-state index in [1.165, 1.54) is 0 Å². The molecule has 1 N–H and O–H groups in total. The highest BCUT2D eigenvalue weighted by Crippen LogP contribution is 2.31. The third-order valence-electron chi connectivity index (χ3n) is 6.08. The minimum Gasteiger partial charge on any atom is -0.370 e. The molecule has 1 aromatic heterocycles. The number of hydrogen-bond donors (Lipinski definition) is 1. The van der Waals surface area contributed by atoms with Crippen LogP contribution in [-0.2, 0) is 21.2 Å². The summed E-state index contributed by atoms with van der Waals surface area (Å²) in [5.74, 6) is 0.541. The number of carbonyl (C=O) groups excluding carboxylic acids is 1. The first-order chi connectivity index (χ1) is 15.3. The maximum absolute atomic E-state index is 13.2. The first kappa shape index (κ1) is 24.3. The standard InChI is InChI=1S/C23H34N4O4S/c1-5-26(6-2)22-12-10-19(32(29,30)27-14-8-7-9-15-27)16-21(22)24-23(28)13-11-20-17(3)25-31-18(20)4/h10,12,16H,5-9,11,13-15H2,1-4H3,(H,24,28). The van der Waals surface area contributed by atoms with Crippen LogP contribution in [0.25, 0.3) is 0 Å². The topological polar surface area (TPSA) is 95.8 Å². The Balaban J connectivity index is 1.85. The molecular weight excluding hydrogens is 428 g/mol.